The Hall–Kier alpha value is -3.93. The van der Waals surface area contributed by atoms with Crippen LogP contribution in [0, 0.1) is 0 Å². The van der Waals surface area contributed by atoms with E-state index < -0.39 is 65.9 Å². The SMILES string of the molecule is C[C@H](N)C(=O)O[C@@H]1[C@H](O)[C@H](C)O[C@@H](Oc2c(O)c3c(c4cccnc24)C(=O)c2ccccc2C3=O)[C@@H]1F. The summed E-state index contributed by atoms with van der Waals surface area (Å²) in [6.45, 7) is 2.76. The van der Waals surface area contributed by atoms with Crippen LogP contribution in [0.25, 0.3) is 10.9 Å². The van der Waals surface area contributed by atoms with Gasteiger partial charge in [0.1, 0.15) is 17.7 Å². The molecule has 37 heavy (non-hydrogen) atoms. The molecule has 4 N–H and O–H groups in total. The molecule has 11 heteroatoms. The first-order valence-corrected chi connectivity index (χ1v) is 11.5. The standard InChI is InChI=1S/C26H23FN2O8/c1-10(28)25(34)36-23-17(27)26(35-11(2)19(23)30)37-24-18-14(8-5-9-29-18)15-16(22(24)33)21(32)13-7-4-3-6-12(13)20(15)31/h3-11,17,19,23,26,30,33H,28H2,1-2H3/t10-,11-,17+,19+,23-,26-/m0/s1. The number of esters is 1. The second kappa shape index (κ2) is 9.18. The number of ether oxygens (including phenoxy) is 3. The van der Waals surface area contributed by atoms with Crippen molar-refractivity contribution in [2.24, 2.45) is 5.73 Å². The lowest BCUT2D eigenvalue weighted by Crippen LogP contribution is -2.58. The van der Waals surface area contributed by atoms with Crippen molar-refractivity contribution in [1.29, 1.82) is 0 Å². The number of nitrogens with two attached hydrogens (primary N) is 1. The minimum atomic E-state index is -2.21. The predicted molar refractivity (Wildman–Crippen MR) is 126 cm³/mol. The summed E-state index contributed by atoms with van der Waals surface area (Å²) in [7, 11) is 0. The number of phenols is 1. The van der Waals surface area contributed by atoms with Gasteiger partial charge in [-0.3, -0.25) is 19.4 Å². The van der Waals surface area contributed by atoms with Crippen LogP contribution in [-0.4, -0.2) is 69.5 Å². The average molecular weight is 510 g/mol. The van der Waals surface area contributed by atoms with E-state index in [9.17, 15) is 24.6 Å². The van der Waals surface area contributed by atoms with E-state index in [0.717, 1.165) is 0 Å². The molecule has 2 aliphatic rings. The second-order valence-electron chi connectivity index (χ2n) is 8.98. The Kier molecular flexibility index (Phi) is 6.14. The Morgan fingerprint density at radius 1 is 1.14 bits per heavy atom. The van der Waals surface area contributed by atoms with Crippen molar-refractivity contribution in [1.82, 2.24) is 4.98 Å². The first-order chi connectivity index (χ1) is 17.6. The number of benzene rings is 2. The summed E-state index contributed by atoms with van der Waals surface area (Å²) in [4.78, 5) is 42.9. The van der Waals surface area contributed by atoms with E-state index in [4.69, 9.17) is 19.9 Å². The van der Waals surface area contributed by atoms with E-state index >= 15 is 4.39 Å². The number of carbonyl (C=O) groups excluding carboxylic acids is 3. The van der Waals surface area contributed by atoms with Crippen molar-refractivity contribution in [2.75, 3.05) is 0 Å². The van der Waals surface area contributed by atoms with Crippen molar-refractivity contribution < 1.29 is 43.2 Å². The van der Waals surface area contributed by atoms with Gasteiger partial charge in [0.15, 0.2) is 29.2 Å². The number of halogens is 1. The molecule has 1 aliphatic carbocycles. The number of hydrogen-bond acceptors (Lipinski definition) is 10. The fourth-order valence-electron chi connectivity index (χ4n) is 4.55. The molecule has 0 radical (unpaired) electrons. The van der Waals surface area contributed by atoms with Gasteiger partial charge >= 0.3 is 5.97 Å². The smallest absolute Gasteiger partial charge is 0.323 e. The Bertz CT molecular complexity index is 1440. The number of pyridine rings is 1. The van der Waals surface area contributed by atoms with E-state index in [2.05, 4.69) is 4.98 Å². The normalized spacial score (nSPS) is 25.8. The van der Waals surface area contributed by atoms with Crippen LogP contribution in [0.3, 0.4) is 0 Å². The number of hydrogen-bond donors (Lipinski definition) is 3. The summed E-state index contributed by atoms with van der Waals surface area (Å²) in [5, 5.41) is 21.8. The Labute approximate surface area is 209 Å². The second-order valence-corrected chi connectivity index (χ2v) is 8.98. The van der Waals surface area contributed by atoms with Crippen LogP contribution in [-0.2, 0) is 14.3 Å². The summed E-state index contributed by atoms with van der Waals surface area (Å²) >= 11 is 0. The van der Waals surface area contributed by atoms with Gasteiger partial charge in [0.25, 0.3) is 0 Å². The number of aliphatic hydroxyl groups excluding tert-OH is 1. The molecule has 0 unspecified atom stereocenters. The van der Waals surface area contributed by atoms with Crippen LogP contribution in [0.1, 0.15) is 45.7 Å². The highest BCUT2D eigenvalue weighted by molar-refractivity contribution is 6.33. The highest BCUT2D eigenvalue weighted by atomic mass is 19.1. The molecule has 3 aromatic rings. The van der Waals surface area contributed by atoms with Gasteiger partial charge in [-0.2, -0.15) is 0 Å². The molecule has 10 nitrogen and oxygen atoms in total. The molecule has 0 amide bonds. The summed E-state index contributed by atoms with van der Waals surface area (Å²) in [6.07, 6.45) is -6.86. The molecular formula is C26H23FN2O8. The fourth-order valence-corrected chi connectivity index (χ4v) is 4.55. The number of aromatic hydroxyl groups is 1. The molecule has 1 aliphatic heterocycles. The number of fused-ring (bicyclic) bond motifs is 4. The maximum absolute atomic E-state index is 15.5. The summed E-state index contributed by atoms with van der Waals surface area (Å²) < 4.78 is 31.8. The third kappa shape index (κ3) is 3.91. The van der Waals surface area contributed by atoms with Gasteiger partial charge in [0, 0.05) is 28.3 Å². The molecule has 2 heterocycles. The number of ketones is 2. The zero-order valence-electron chi connectivity index (χ0n) is 19.8. The molecular weight excluding hydrogens is 487 g/mol. The first kappa shape index (κ1) is 24.8. The third-order valence-corrected chi connectivity index (χ3v) is 6.46. The van der Waals surface area contributed by atoms with Crippen molar-refractivity contribution in [2.45, 2.75) is 50.7 Å². The highest BCUT2D eigenvalue weighted by Gasteiger charge is 2.49. The Balaban J connectivity index is 1.61. The van der Waals surface area contributed by atoms with Crippen LogP contribution >= 0.6 is 0 Å². The number of carbonyl (C=O) groups is 3. The molecule has 1 saturated heterocycles. The molecule has 0 saturated carbocycles. The number of rotatable bonds is 4. The van der Waals surface area contributed by atoms with E-state index in [1.54, 1.807) is 18.2 Å². The van der Waals surface area contributed by atoms with Crippen LogP contribution in [0.5, 0.6) is 11.5 Å². The third-order valence-electron chi connectivity index (χ3n) is 6.46. The van der Waals surface area contributed by atoms with Gasteiger partial charge in [-0.15, -0.1) is 0 Å². The fraction of sp³-hybridized carbons (Fsp3) is 0.308. The van der Waals surface area contributed by atoms with E-state index in [-0.39, 0.29) is 33.2 Å². The molecule has 1 fully saturated rings. The summed E-state index contributed by atoms with van der Waals surface area (Å²) in [6, 6.07) is 8.20. The van der Waals surface area contributed by atoms with E-state index in [0.29, 0.717) is 0 Å². The topological polar surface area (TPSA) is 158 Å². The maximum Gasteiger partial charge on any atom is 0.323 e. The maximum atomic E-state index is 15.5. The lowest BCUT2D eigenvalue weighted by molar-refractivity contribution is -0.257. The number of alkyl halides is 1. The monoisotopic (exact) mass is 510 g/mol. The van der Waals surface area contributed by atoms with Gasteiger partial charge in [-0.1, -0.05) is 30.3 Å². The van der Waals surface area contributed by atoms with Crippen molar-refractivity contribution >= 4 is 28.4 Å². The average Bonchev–Trinajstić information content (AvgIpc) is 2.89. The minimum absolute atomic E-state index is 0.0158. The zero-order chi connectivity index (χ0) is 26.6. The number of nitrogens with zero attached hydrogens (tertiary/aromatic N) is 1. The summed E-state index contributed by atoms with van der Waals surface area (Å²) in [5.41, 5.74) is 5.41. The molecule has 2 aromatic carbocycles. The van der Waals surface area contributed by atoms with Crippen molar-refractivity contribution in [3.8, 4) is 11.5 Å². The minimum Gasteiger partial charge on any atom is -0.504 e. The zero-order valence-corrected chi connectivity index (χ0v) is 19.8. The van der Waals surface area contributed by atoms with Crippen LogP contribution in [0.2, 0.25) is 0 Å². The molecule has 192 valence electrons. The number of phenolic OH excluding ortho intramolecular Hbond substituents is 1. The molecule has 1 aromatic heterocycles. The number of aromatic nitrogens is 1. The van der Waals surface area contributed by atoms with Crippen molar-refractivity contribution in [3.05, 3.63) is 64.8 Å². The van der Waals surface area contributed by atoms with E-state index in [1.165, 1.54) is 38.2 Å². The lowest BCUT2D eigenvalue weighted by atomic mass is 9.81. The van der Waals surface area contributed by atoms with Crippen molar-refractivity contribution in [3.63, 3.8) is 0 Å². The first-order valence-electron chi connectivity index (χ1n) is 11.5. The van der Waals surface area contributed by atoms with Crippen LogP contribution in [0.4, 0.5) is 4.39 Å². The van der Waals surface area contributed by atoms with E-state index in [1.807, 2.05) is 0 Å². The lowest BCUT2D eigenvalue weighted by Gasteiger charge is -2.39. The van der Waals surface area contributed by atoms with Crippen LogP contribution in [0.15, 0.2) is 42.6 Å². The number of aliphatic hydroxyl groups is 1. The highest BCUT2D eigenvalue weighted by Crippen LogP contribution is 2.45. The van der Waals surface area contributed by atoms with Gasteiger partial charge in [-0.25, -0.2) is 4.39 Å². The molecule has 6 atom stereocenters. The largest absolute Gasteiger partial charge is 0.504 e. The Morgan fingerprint density at radius 2 is 1.78 bits per heavy atom. The Morgan fingerprint density at radius 3 is 2.43 bits per heavy atom. The van der Waals surface area contributed by atoms with Crippen LogP contribution < -0.4 is 10.5 Å². The van der Waals surface area contributed by atoms with Gasteiger partial charge in [-0.05, 0) is 19.9 Å². The van der Waals surface area contributed by atoms with Gasteiger partial charge in [0.05, 0.1) is 11.7 Å². The van der Waals surface area contributed by atoms with Gasteiger partial charge in [0.2, 0.25) is 12.5 Å². The molecule has 0 spiro atoms. The van der Waals surface area contributed by atoms with Gasteiger partial charge < -0.3 is 30.2 Å². The summed E-state index contributed by atoms with van der Waals surface area (Å²) in [5.74, 6) is -3.16. The quantitative estimate of drug-likeness (QED) is 0.346. The molecule has 0 bridgehead atoms. The molecule has 5 rings (SSSR count). The predicted octanol–water partition coefficient (Wildman–Crippen LogP) is 1.80.